The number of carboxylic acids is 1. The zero-order chi connectivity index (χ0) is 21.6. The molecule has 3 aromatic rings. The van der Waals surface area contributed by atoms with Crippen molar-refractivity contribution in [1.82, 2.24) is 9.97 Å². The van der Waals surface area contributed by atoms with Gasteiger partial charge in [0.2, 0.25) is 0 Å². The summed E-state index contributed by atoms with van der Waals surface area (Å²) in [5, 5.41) is 20.0. The minimum absolute atomic E-state index is 0.00785. The third-order valence-corrected chi connectivity index (χ3v) is 5.85. The minimum Gasteiger partial charge on any atom is -0.503 e. The predicted octanol–water partition coefficient (Wildman–Crippen LogP) is 3.51. The van der Waals surface area contributed by atoms with Gasteiger partial charge in [0.25, 0.3) is 5.91 Å². The van der Waals surface area contributed by atoms with Crippen LogP contribution in [0.1, 0.15) is 35.8 Å². The van der Waals surface area contributed by atoms with Gasteiger partial charge in [-0.1, -0.05) is 31.3 Å². The molecule has 0 fully saturated rings. The molecule has 9 heteroatoms. The number of hydrogen-bond donors (Lipinski definition) is 2. The number of fused-ring (bicyclic) bond motifs is 1. The second kappa shape index (κ2) is 7.34. The van der Waals surface area contributed by atoms with Crippen LogP contribution in [0.3, 0.4) is 0 Å². The van der Waals surface area contributed by atoms with Crippen molar-refractivity contribution in [3.05, 3.63) is 65.2 Å². The highest BCUT2D eigenvalue weighted by Gasteiger charge is 2.46. The first kappa shape index (κ1) is 19.7. The van der Waals surface area contributed by atoms with E-state index in [4.69, 9.17) is 0 Å². The number of benzene rings is 1. The molecule has 1 amide bonds. The minimum atomic E-state index is -1.07. The highest BCUT2D eigenvalue weighted by molar-refractivity contribution is 7.22. The molecule has 3 heterocycles. The molecule has 8 nitrogen and oxygen atoms in total. The van der Waals surface area contributed by atoms with Crippen LogP contribution in [0, 0.1) is 5.92 Å². The molecular formula is C21H17N3O5S. The molecule has 1 aliphatic rings. The Bertz CT molecular complexity index is 1220. The van der Waals surface area contributed by atoms with Crippen LogP contribution in [0.15, 0.2) is 54.1 Å². The molecule has 0 saturated heterocycles. The molecule has 2 N–H and O–H groups in total. The number of rotatable bonds is 5. The number of nitrogens with zero attached hydrogens (tertiary/aromatic N) is 3. The molecular weight excluding hydrogens is 406 g/mol. The Balaban J connectivity index is 1.88. The number of carboxylic acid groups (broad SMARTS) is 1. The first-order chi connectivity index (χ1) is 14.3. The molecule has 0 radical (unpaired) electrons. The quantitative estimate of drug-likeness (QED) is 0.644. The lowest BCUT2D eigenvalue weighted by atomic mass is 9.92. The van der Waals surface area contributed by atoms with Crippen molar-refractivity contribution in [3.8, 4) is 0 Å². The lowest BCUT2D eigenvalue weighted by Crippen LogP contribution is -2.31. The van der Waals surface area contributed by atoms with Gasteiger partial charge < -0.3 is 10.2 Å². The van der Waals surface area contributed by atoms with E-state index in [-0.39, 0.29) is 22.1 Å². The number of pyridine rings is 1. The van der Waals surface area contributed by atoms with Crippen LogP contribution >= 0.6 is 11.3 Å². The zero-order valence-electron chi connectivity index (χ0n) is 16.1. The predicted molar refractivity (Wildman–Crippen MR) is 111 cm³/mol. The standard InChI is InChI=1S/C21H17N3O5S/c1-10(2)17(25)15-16(12-4-3-7-22-9-12)24(19(27)18(15)26)21-23-13-6-5-11(20(28)29)8-14(13)30-21/h3-10,16,26H,1-2H3,(H,28,29). The van der Waals surface area contributed by atoms with E-state index in [1.54, 1.807) is 38.2 Å². The molecule has 30 heavy (non-hydrogen) atoms. The Kier molecular flexibility index (Phi) is 4.83. The summed E-state index contributed by atoms with van der Waals surface area (Å²) in [4.78, 5) is 46.9. The van der Waals surface area contributed by atoms with Crippen molar-refractivity contribution in [3.63, 3.8) is 0 Å². The molecule has 4 rings (SSSR count). The smallest absolute Gasteiger partial charge is 0.335 e. The highest BCUT2D eigenvalue weighted by atomic mass is 32.1. The number of Topliss-reactive ketones (excluding diaryl/α,β-unsaturated/α-hetero) is 1. The third kappa shape index (κ3) is 3.13. The van der Waals surface area contributed by atoms with Crippen molar-refractivity contribution in [2.75, 3.05) is 4.90 Å². The van der Waals surface area contributed by atoms with Crippen molar-refractivity contribution >= 4 is 44.3 Å². The number of hydrogen-bond acceptors (Lipinski definition) is 7. The number of aliphatic hydroxyl groups is 1. The average molecular weight is 423 g/mol. The maximum absolute atomic E-state index is 13.0. The van der Waals surface area contributed by atoms with Gasteiger partial charge in [0.15, 0.2) is 16.7 Å². The summed E-state index contributed by atoms with van der Waals surface area (Å²) in [5.41, 5.74) is 1.18. The number of aromatic nitrogens is 2. The van der Waals surface area contributed by atoms with Crippen molar-refractivity contribution in [2.45, 2.75) is 19.9 Å². The monoisotopic (exact) mass is 423 g/mol. The summed E-state index contributed by atoms with van der Waals surface area (Å²) in [5.74, 6) is -3.17. The van der Waals surface area contributed by atoms with Gasteiger partial charge in [-0.15, -0.1) is 0 Å². The highest BCUT2D eigenvalue weighted by Crippen LogP contribution is 2.43. The van der Waals surface area contributed by atoms with Gasteiger partial charge in [-0.2, -0.15) is 0 Å². The summed E-state index contributed by atoms with van der Waals surface area (Å²) in [7, 11) is 0. The Hall–Kier alpha value is -3.59. The van der Waals surface area contributed by atoms with E-state index in [9.17, 15) is 24.6 Å². The van der Waals surface area contributed by atoms with Gasteiger partial charge in [-0.3, -0.25) is 19.5 Å². The number of carbonyl (C=O) groups is 3. The van der Waals surface area contributed by atoms with Gasteiger partial charge in [0.1, 0.15) is 0 Å². The number of aromatic carboxylic acids is 1. The Morgan fingerprint density at radius 1 is 1.23 bits per heavy atom. The molecule has 1 atom stereocenters. The molecule has 0 aliphatic carbocycles. The fourth-order valence-corrected chi connectivity index (χ4v) is 4.40. The fourth-order valence-electron chi connectivity index (χ4n) is 3.37. The summed E-state index contributed by atoms with van der Waals surface area (Å²) in [6.07, 6.45) is 3.11. The number of aliphatic hydroxyl groups excluding tert-OH is 1. The molecule has 1 aromatic carbocycles. The van der Waals surface area contributed by atoms with Crippen LogP contribution in [0.5, 0.6) is 0 Å². The first-order valence-corrected chi connectivity index (χ1v) is 9.96. The fraction of sp³-hybridized carbons (Fsp3) is 0.190. The zero-order valence-corrected chi connectivity index (χ0v) is 16.9. The third-order valence-electron chi connectivity index (χ3n) is 4.83. The SMILES string of the molecule is CC(C)C(=O)C1=C(O)C(=O)N(c2nc3ccc(C(=O)O)cc3s2)C1c1cccnc1. The second-order valence-electron chi connectivity index (χ2n) is 7.13. The molecule has 0 saturated carbocycles. The molecule has 0 spiro atoms. The van der Waals surface area contributed by atoms with E-state index >= 15 is 0 Å². The average Bonchev–Trinajstić information content (AvgIpc) is 3.26. The van der Waals surface area contributed by atoms with Crippen molar-refractivity contribution in [1.29, 1.82) is 0 Å². The number of amides is 1. The Labute approximate surface area is 175 Å². The summed E-state index contributed by atoms with van der Waals surface area (Å²) < 4.78 is 0.575. The van der Waals surface area contributed by atoms with Crippen molar-refractivity contribution in [2.24, 2.45) is 5.92 Å². The van der Waals surface area contributed by atoms with Gasteiger partial charge in [0, 0.05) is 18.3 Å². The molecule has 1 unspecified atom stereocenters. The van der Waals surface area contributed by atoms with Gasteiger partial charge in [-0.25, -0.2) is 9.78 Å². The van der Waals surface area contributed by atoms with Crippen LogP contribution < -0.4 is 4.90 Å². The van der Waals surface area contributed by atoms with E-state index in [1.165, 1.54) is 23.2 Å². The molecule has 2 aromatic heterocycles. The van der Waals surface area contributed by atoms with Crippen LogP contribution in [-0.4, -0.2) is 37.8 Å². The van der Waals surface area contributed by atoms with E-state index in [2.05, 4.69) is 9.97 Å². The lowest BCUT2D eigenvalue weighted by Gasteiger charge is -2.24. The van der Waals surface area contributed by atoms with Crippen LogP contribution in [0.25, 0.3) is 10.2 Å². The molecule has 0 bridgehead atoms. The van der Waals surface area contributed by atoms with Crippen LogP contribution in [0.4, 0.5) is 5.13 Å². The largest absolute Gasteiger partial charge is 0.503 e. The summed E-state index contributed by atoms with van der Waals surface area (Å²) in [6, 6.07) is 7.00. The molecule has 152 valence electrons. The van der Waals surface area contributed by atoms with Crippen molar-refractivity contribution < 1.29 is 24.6 Å². The van der Waals surface area contributed by atoms with Crippen LogP contribution in [0.2, 0.25) is 0 Å². The molecule has 1 aliphatic heterocycles. The van der Waals surface area contributed by atoms with Crippen LogP contribution in [-0.2, 0) is 9.59 Å². The first-order valence-electron chi connectivity index (χ1n) is 9.14. The van der Waals surface area contributed by atoms with Gasteiger partial charge in [-0.05, 0) is 29.8 Å². The maximum atomic E-state index is 13.0. The van der Waals surface area contributed by atoms with E-state index in [1.807, 2.05) is 0 Å². The second-order valence-corrected chi connectivity index (χ2v) is 8.14. The summed E-state index contributed by atoms with van der Waals surface area (Å²) in [6.45, 7) is 3.39. The normalized spacial score (nSPS) is 16.7. The lowest BCUT2D eigenvalue weighted by molar-refractivity contribution is -0.119. The van der Waals surface area contributed by atoms with Gasteiger partial charge >= 0.3 is 5.97 Å². The topological polar surface area (TPSA) is 121 Å². The maximum Gasteiger partial charge on any atom is 0.335 e. The van der Waals surface area contributed by atoms with E-state index in [0.29, 0.717) is 15.8 Å². The number of carbonyl (C=O) groups excluding carboxylic acids is 2. The summed E-state index contributed by atoms with van der Waals surface area (Å²) >= 11 is 1.11. The van der Waals surface area contributed by atoms with E-state index in [0.717, 1.165) is 11.3 Å². The number of ketones is 1. The van der Waals surface area contributed by atoms with E-state index < -0.39 is 29.6 Å². The van der Waals surface area contributed by atoms with Gasteiger partial charge in [0.05, 0.1) is 27.4 Å². The number of anilines is 1. The number of thiazole rings is 1. The Morgan fingerprint density at radius 2 is 2.00 bits per heavy atom. The Morgan fingerprint density at radius 3 is 2.63 bits per heavy atom.